The number of carbonyl (C=O) groups is 1. The van der Waals surface area contributed by atoms with Crippen LogP contribution in [0.25, 0.3) is 16.6 Å². The van der Waals surface area contributed by atoms with E-state index in [4.69, 9.17) is 4.42 Å². The molecule has 4 heterocycles. The molecule has 3 aromatic heterocycles. The Morgan fingerprint density at radius 3 is 2.64 bits per heavy atom. The number of likely N-dealkylation sites (tertiary alicyclic amines) is 1. The van der Waals surface area contributed by atoms with E-state index >= 15 is 0 Å². The minimum Gasteiger partial charge on any atom is -0.463 e. The summed E-state index contributed by atoms with van der Waals surface area (Å²) in [7, 11) is 0. The van der Waals surface area contributed by atoms with E-state index in [0.29, 0.717) is 16.9 Å². The lowest BCUT2D eigenvalue weighted by Gasteiger charge is -2.24. The molecule has 0 radical (unpaired) electrons. The summed E-state index contributed by atoms with van der Waals surface area (Å²) in [5.74, 6) is 0.622. The largest absolute Gasteiger partial charge is 0.463 e. The van der Waals surface area contributed by atoms with Crippen LogP contribution in [-0.4, -0.2) is 38.1 Å². The molecular formula is C18H22N4O3. The van der Waals surface area contributed by atoms with Crippen LogP contribution in [0.4, 0.5) is 0 Å². The highest BCUT2D eigenvalue weighted by molar-refractivity contribution is 5.83. The molecule has 1 fully saturated rings. The highest BCUT2D eigenvalue weighted by atomic mass is 16.3. The number of hydrogen-bond donors (Lipinski definition) is 0. The maximum atomic E-state index is 12.9. The van der Waals surface area contributed by atoms with Crippen LogP contribution in [-0.2, 0) is 4.79 Å². The zero-order valence-corrected chi connectivity index (χ0v) is 14.6. The first-order chi connectivity index (χ1) is 12.1. The van der Waals surface area contributed by atoms with Crippen molar-refractivity contribution in [2.24, 2.45) is 0 Å². The number of fused-ring (bicyclic) bond motifs is 3. The van der Waals surface area contributed by atoms with Crippen LogP contribution in [0.3, 0.4) is 0 Å². The van der Waals surface area contributed by atoms with Crippen LogP contribution < -0.4 is 5.56 Å². The van der Waals surface area contributed by atoms with E-state index in [9.17, 15) is 9.59 Å². The van der Waals surface area contributed by atoms with Crippen molar-refractivity contribution in [1.29, 1.82) is 0 Å². The minimum absolute atomic E-state index is 0.0320. The van der Waals surface area contributed by atoms with Crippen molar-refractivity contribution < 1.29 is 9.21 Å². The summed E-state index contributed by atoms with van der Waals surface area (Å²) in [5.41, 5.74) is 1.67. The second-order valence-electron chi connectivity index (χ2n) is 6.75. The van der Waals surface area contributed by atoms with E-state index < -0.39 is 6.04 Å². The fraction of sp³-hybridized carbons (Fsp3) is 0.500. The predicted molar refractivity (Wildman–Crippen MR) is 93.7 cm³/mol. The summed E-state index contributed by atoms with van der Waals surface area (Å²) < 4.78 is 8.49. The molecule has 4 rings (SSSR count). The van der Waals surface area contributed by atoms with Crippen molar-refractivity contribution in [3.63, 3.8) is 0 Å². The van der Waals surface area contributed by atoms with Gasteiger partial charge >= 0.3 is 0 Å². The van der Waals surface area contributed by atoms with Gasteiger partial charge in [0.1, 0.15) is 17.4 Å². The normalized spacial score (nSPS) is 17.1. The van der Waals surface area contributed by atoms with E-state index in [2.05, 4.69) is 5.10 Å². The summed E-state index contributed by atoms with van der Waals surface area (Å²) >= 11 is 0. The van der Waals surface area contributed by atoms with Crippen molar-refractivity contribution in [2.75, 3.05) is 13.1 Å². The third kappa shape index (κ3) is 2.54. The third-order valence-corrected chi connectivity index (χ3v) is 5.07. The smallest absolute Gasteiger partial charge is 0.291 e. The number of furan rings is 1. The summed E-state index contributed by atoms with van der Waals surface area (Å²) in [5, 5.41) is 4.42. The molecular weight excluding hydrogens is 320 g/mol. The summed E-state index contributed by atoms with van der Waals surface area (Å²) in [4.78, 5) is 27.7. The van der Waals surface area contributed by atoms with Gasteiger partial charge in [-0.05, 0) is 26.7 Å². The molecule has 7 heteroatoms. The molecule has 1 amide bonds. The van der Waals surface area contributed by atoms with Crippen LogP contribution in [0.2, 0.25) is 0 Å². The zero-order chi connectivity index (χ0) is 17.6. The molecule has 1 saturated heterocycles. The van der Waals surface area contributed by atoms with Crippen LogP contribution in [0.1, 0.15) is 44.5 Å². The summed E-state index contributed by atoms with van der Waals surface area (Å²) in [6, 6.07) is 2.91. The number of nitrogens with zero attached hydrogens (tertiary/aromatic N) is 4. The van der Waals surface area contributed by atoms with E-state index in [-0.39, 0.29) is 11.5 Å². The first-order valence-electron chi connectivity index (χ1n) is 8.85. The number of carbonyl (C=O) groups excluding carboxylic acids is 1. The first-order valence-corrected chi connectivity index (χ1v) is 8.85. The molecule has 7 nitrogen and oxygen atoms in total. The molecule has 0 aromatic carbocycles. The first kappa shape index (κ1) is 15.9. The second-order valence-corrected chi connectivity index (χ2v) is 6.75. The summed E-state index contributed by atoms with van der Waals surface area (Å²) in [6.45, 7) is 5.11. The minimum atomic E-state index is -0.615. The number of rotatable bonds is 2. The Hall–Kier alpha value is -2.57. The van der Waals surface area contributed by atoms with Gasteiger partial charge in [-0.3, -0.25) is 14.0 Å². The maximum absolute atomic E-state index is 12.9. The van der Waals surface area contributed by atoms with Gasteiger partial charge in [0.05, 0.1) is 11.8 Å². The average Bonchev–Trinajstić information content (AvgIpc) is 3.08. The van der Waals surface area contributed by atoms with Gasteiger partial charge in [0.15, 0.2) is 5.58 Å². The number of aryl methyl sites for hydroxylation is 1. The van der Waals surface area contributed by atoms with Gasteiger partial charge in [-0.1, -0.05) is 12.8 Å². The Labute approximate surface area is 144 Å². The molecule has 1 aliphatic rings. The quantitative estimate of drug-likeness (QED) is 0.717. The monoisotopic (exact) mass is 342 g/mol. The van der Waals surface area contributed by atoms with Crippen LogP contribution >= 0.6 is 0 Å². The van der Waals surface area contributed by atoms with Crippen molar-refractivity contribution >= 4 is 22.5 Å². The Morgan fingerprint density at radius 1 is 1.20 bits per heavy atom. The van der Waals surface area contributed by atoms with E-state index in [1.165, 1.54) is 4.68 Å². The van der Waals surface area contributed by atoms with Crippen molar-refractivity contribution in [3.8, 4) is 0 Å². The topological polar surface area (TPSA) is 72.8 Å². The highest BCUT2D eigenvalue weighted by Gasteiger charge is 2.26. The molecule has 0 aliphatic carbocycles. The molecule has 0 spiro atoms. The van der Waals surface area contributed by atoms with Gasteiger partial charge in [-0.15, -0.1) is 0 Å². The molecule has 0 N–H and O–H groups in total. The Kier molecular flexibility index (Phi) is 3.86. The molecule has 132 valence electrons. The Bertz CT molecular complexity index is 989. The van der Waals surface area contributed by atoms with Gasteiger partial charge in [-0.25, -0.2) is 4.68 Å². The number of aromatic nitrogens is 3. The predicted octanol–water partition coefficient (Wildman–Crippen LogP) is 2.51. The maximum Gasteiger partial charge on any atom is 0.291 e. The molecule has 25 heavy (non-hydrogen) atoms. The number of hydrogen-bond acceptors (Lipinski definition) is 4. The SMILES string of the molecule is Cc1nn(C(C)C(=O)N2CCCCCC2)c(=O)c2cc3occc3n12. The van der Waals surface area contributed by atoms with Crippen molar-refractivity contribution in [3.05, 3.63) is 34.6 Å². The molecule has 1 atom stereocenters. The molecule has 3 aromatic rings. The van der Waals surface area contributed by atoms with Crippen molar-refractivity contribution in [2.45, 2.75) is 45.6 Å². The van der Waals surface area contributed by atoms with Crippen molar-refractivity contribution in [1.82, 2.24) is 19.1 Å². The molecule has 1 unspecified atom stereocenters. The fourth-order valence-corrected chi connectivity index (χ4v) is 3.72. The van der Waals surface area contributed by atoms with Gasteiger partial charge in [0.25, 0.3) is 5.56 Å². The van der Waals surface area contributed by atoms with Crippen LogP contribution in [0, 0.1) is 6.92 Å². The fourth-order valence-electron chi connectivity index (χ4n) is 3.72. The van der Waals surface area contributed by atoms with Gasteiger partial charge in [-0.2, -0.15) is 5.10 Å². The Balaban J connectivity index is 1.76. The van der Waals surface area contributed by atoms with Crippen LogP contribution in [0.15, 0.2) is 27.6 Å². The lowest BCUT2D eigenvalue weighted by molar-refractivity contribution is -0.134. The van der Waals surface area contributed by atoms with E-state index in [1.54, 1.807) is 23.7 Å². The van der Waals surface area contributed by atoms with Gasteiger partial charge < -0.3 is 9.32 Å². The van der Waals surface area contributed by atoms with Gasteiger partial charge in [0, 0.05) is 25.2 Å². The number of amides is 1. The summed E-state index contributed by atoms with van der Waals surface area (Å²) in [6.07, 6.45) is 5.95. The molecule has 1 aliphatic heterocycles. The van der Waals surface area contributed by atoms with Gasteiger partial charge in [0.2, 0.25) is 5.91 Å². The third-order valence-electron chi connectivity index (χ3n) is 5.07. The average molecular weight is 342 g/mol. The standard InChI is InChI=1S/C18H22N4O3/c1-12(17(23)20-8-5-3-4-6-9-20)22-18(24)15-11-16-14(7-10-25-16)21(15)13(2)19-22/h7,10-12H,3-6,8-9H2,1-2H3. The van der Waals surface area contributed by atoms with Crippen LogP contribution in [0.5, 0.6) is 0 Å². The van der Waals surface area contributed by atoms with E-state index in [1.807, 2.05) is 17.9 Å². The molecule has 0 bridgehead atoms. The van der Waals surface area contributed by atoms with E-state index in [0.717, 1.165) is 44.3 Å². The molecule has 0 saturated carbocycles. The second kappa shape index (κ2) is 6.06. The lowest BCUT2D eigenvalue weighted by Crippen LogP contribution is -2.41. The Morgan fingerprint density at radius 2 is 1.92 bits per heavy atom. The highest BCUT2D eigenvalue weighted by Crippen LogP contribution is 2.21. The lowest BCUT2D eigenvalue weighted by atomic mass is 10.2. The zero-order valence-electron chi connectivity index (χ0n) is 14.6.